The van der Waals surface area contributed by atoms with Crippen LogP contribution in [-0.4, -0.2) is 19.2 Å². The van der Waals surface area contributed by atoms with Crippen LogP contribution in [0.4, 0.5) is 0 Å². The highest BCUT2D eigenvalue weighted by molar-refractivity contribution is 6.37. The van der Waals surface area contributed by atoms with E-state index < -0.39 is 0 Å². The Balaban J connectivity index is 2.18. The van der Waals surface area contributed by atoms with Crippen LogP contribution >= 0.6 is 23.2 Å². The minimum absolute atomic E-state index is 0.150. The van der Waals surface area contributed by atoms with Gasteiger partial charge >= 0.3 is 0 Å². The molecule has 1 aromatic carbocycles. The van der Waals surface area contributed by atoms with Crippen molar-refractivity contribution in [1.29, 1.82) is 0 Å². The second-order valence-corrected chi connectivity index (χ2v) is 5.94. The van der Waals surface area contributed by atoms with Gasteiger partial charge in [-0.05, 0) is 31.0 Å². The number of rotatable bonds is 4. The molecule has 0 amide bonds. The SMILES string of the molecule is CC(C)C(Oc1c(Cl)cccc1Cl)C1CCNC1. The van der Waals surface area contributed by atoms with Crippen molar-refractivity contribution in [2.24, 2.45) is 11.8 Å². The van der Waals surface area contributed by atoms with E-state index in [1.54, 1.807) is 0 Å². The highest BCUT2D eigenvalue weighted by atomic mass is 35.5. The van der Waals surface area contributed by atoms with Crippen molar-refractivity contribution in [3.63, 3.8) is 0 Å². The molecular formula is C14H19Cl2NO. The fraction of sp³-hybridized carbons (Fsp3) is 0.571. The topological polar surface area (TPSA) is 21.3 Å². The minimum atomic E-state index is 0.150. The van der Waals surface area contributed by atoms with Gasteiger partial charge in [-0.1, -0.05) is 43.1 Å². The van der Waals surface area contributed by atoms with Crippen molar-refractivity contribution in [3.8, 4) is 5.75 Å². The zero-order valence-electron chi connectivity index (χ0n) is 10.7. The van der Waals surface area contributed by atoms with E-state index in [1.165, 1.54) is 0 Å². The van der Waals surface area contributed by atoms with Gasteiger partial charge in [0, 0.05) is 12.5 Å². The van der Waals surface area contributed by atoms with Crippen LogP contribution in [0.15, 0.2) is 18.2 Å². The third kappa shape index (κ3) is 3.11. The number of para-hydroxylation sites is 1. The first-order valence-corrected chi connectivity index (χ1v) is 7.16. The lowest BCUT2D eigenvalue weighted by molar-refractivity contribution is 0.0975. The summed E-state index contributed by atoms with van der Waals surface area (Å²) in [4.78, 5) is 0. The summed E-state index contributed by atoms with van der Waals surface area (Å²) in [5.74, 6) is 1.58. The Bertz CT molecular complexity index is 383. The summed E-state index contributed by atoms with van der Waals surface area (Å²) in [6.45, 7) is 6.42. The zero-order chi connectivity index (χ0) is 13.1. The van der Waals surface area contributed by atoms with E-state index in [-0.39, 0.29) is 6.10 Å². The van der Waals surface area contributed by atoms with Gasteiger partial charge in [-0.25, -0.2) is 0 Å². The number of nitrogens with one attached hydrogen (secondary N) is 1. The van der Waals surface area contributed by atoms with E-state index in [0.717, 1.165) is 19.5 Å². The molecule has 0 spiro atoms. The number of hydrogen-bond donors (Lipinski definition) is 1. The van der Waals surface area contributed by atoms with Gasteiger partial charge in [0.25, 0.3) is 0 Å². The zero-order valence-corrected chi connectivity index (χ0v) is 12.3. The van der Waals surface area contributed by atoms with Gasteiger partial charge in [0.05, 0.1) is 10.0 Å². The maximum atomic E-state index is 6.16. The lowest BCUT2D eigenvalue weighted by Crippen LogP contribution is -2.33. The molecule has 0 bridgehead atoms. The van der Waals surface area contributed by atoms with Crippen LogP contribution in [0.1, 0.15) is 20.3 Å². The van der Waals surface area contributed by atoms with Crippen molar-refractivity contribution >= 4 is 23.2 Å². The standard InChI is InChI=1S/C14H19Cl2NO/c1-9(2)13(10-6-7-17-8-10)18-14-11(15)4-3-5-12(14)16/h3-5,9-10,13,17H,6-8H2,1-2H3. The van der Waals surface area contributed by atoms with Crippen LogP contribution in [0.5, 0.6) is 5.75 Å². The highest BCUT2D eigenvalue weighted by Gasteiger charge is 2.30. The molecule has 2 unspecified atom stereocenters. The molecule has 1 fully saturated rings. The van der Waals surface area contributed by atoms with E-state index in [0.29, 0.717) is 27.6 Å². The molecule has 1 aromatic rings. The molecule has 1 heterocycles. The van der Waals surface area contributed by atoms with Crippen molar-refractivity contribution in [2.45, 2.75) is 26.4 Å². The molecule has 4 heteroatoms. The van der Waals surface area contributed by atoms with Crippen molar-refractivity contribution < 1.29 is 4.74 Å². The molecule has 2 nitrogen and oxygen atoms in total. The average Bonchev–Trinajstić information content (AvgIpc) is 2.81. The Labute approximate surface area is 119 Å². The first-order chi connectivity index (χ1) is 8.59. The summed E-state index contributed by atoms with van der Waals surface area (Å²) in [6.07, 6.45) is 1.29. The summed E-state index contributed by atoms with van der Waals surface area (Å²) in [7, 11) is 0. The summed E-state index contributed by atoms with van der Waals surface area (Å²) >= 11 is 12.3. The first-order valence-electron chi connectivity index (χ1n) is 6.41. The number of halogens is 2. The summed E-state index contributed by atoms with van der Waals surface area (Å²) in [6, 6.07) is 5.46. The Hall–Kier alpha value is -0.440. The fourth-order valence-corrected chi connectivity index (χ4v) is 2.95. The van der Waals surface area contributed by atoms with E-state index >= 15 is 0 Å². The quantitative estimate of drug-likeness (QED) is 0.904. The predicted octanol–water partition coefficient (Wildman–Crippen LogP) is 4.01. The van der Waals surface area contributed by atoms with Crippen LogP contribution < -0.4 is 10.1 Å². The molecule has 1 saturated heterocycles. The van der Waals surface area contributed by atoms with E-state index in [4.69, 9.17) is 27.9 Å². The normalized spacial score (nSPS) is 21.3. The van der Waals surface area contributed by atoms with Crippen LogP contribution in [0, 0.1) is 11.8 Å². The average molecular weight is 288 g/mol. The second-order valence-electron chi connectivity index (χ2n) is 5.13. The molecular weight excluding hydrogens is 269 g/mol. The smallest absolute Gasteiger partial charge is 0.156 e. The molecule has 18 heavy (non-hydrogen) atoms. The fourth-order valence-electron chi connectivity index (χ4n) is 2.47. The lowest BCUT2D eigenvalue weighted by atomic mass is 9.92. The predicted molar refractivity (Wildman–Crippen MR) is 76.7 cm³/mol. The Morgan fingerprint density at radius 3 is 2.44 bits per heavy atom. The largest absolute Gasteiger partial charge is 0.487 e. The highest BCUT2D eigenvalue weighted by Crippen LogP contribution is 2.35. The summed E-state index contributed by atoms with van der Waals surface area (Å²) in [5, 5.41) is 4.54. The Kier molecular flexibility index (Phi) is 4.77. The van der Waals surface area contributed by atoms with Gasteiger partial charge in [-0.2, -0.15) is 0 Å². The van der Waals surface area contributed by atoms with Gasteiger partial charge in [0.2, 0.25) is 0 Å². The second kappa shape index (κ2) is 6.14. The van der Waals surface area contributed by atoms with Crippen LogP contribution in [0.3, 0.4) is 0 Å². The summed E-state index contributed by atoms with van der Waals surface area (Å²) in [5.41, 5.74) is 0. The molecule has 1 aliphatic heterocycles. The molecule has 2 rings (SSSR count). The molecule has 0 radical (unpaired) electrons. The van der Waals surface area contributed by atoms with E-state index in [1.807, 2.05) is 18.2 Å². The molecule has 100 valence electrons. The van der Waals surface area contributed by atoms with Gasteiger partial charge in [0.15, 0.2) is 5.75 Å². The maximum Gasteiger partial charge on any atom is 0.156 e. The lowest BCUT2D eigenvalue weighted by Gasteiger charge is -2.28. The molecule has 0 aliphatic carbocycles. The maximum absolute atomic E-state index is 6.16. The molecule has 0 aromatic heterocycles. The third-order valence-electron chi connectivity index (χ3n) is 3.39. The van der Waals surface area contributed by atoms with E-state index in [9.17, 15) is 0 Å². The van der Waals surface area contributed by atoms with Gasteiger partial charge in [-0.3, -0.25) is 0 Å². The summed E-state index contributed by atoms with van der Waals surface area (Å²) < 4.78 is 6.12. The van der Waals surface area contributed by atoms with Crippen LogP contribution in [0.2, 0.25) is 10.0 Å². The third-order valence-corrected chi connectivity index (χ3v) is 3.99. The number of hydrogen-bond acceptors (Lipinski definition) is 2. The van der Waals surface area contributed by atoms with Crippen molar-refractivity contribution in [1.82, 2.24) is 5.32 Å². The monoisotopic (exact) mass is 287 g/mol. The van der Waals surface area contributed by atoms with Crippen molar-refractivity contribution in [2.75, 3.05) is 13.1 Å². The van der Waals surface area contributed by atoms with Gasteiger partial charge < -0.3 is 10.1 Å². The molecule has 2 atom stereocenters. The first kappa shape index (κ1) is 14.0. The van der Waals surface area contributed by atoms with Crippen molar-refractivity contribution in [3.05, 3.63) is 28.2 Å². The van der Waals surface area contributed by atoms with E-state index in [2.05, 4.69) is 19.2 Å². The number of benzene rings is 1. The van der Waals surface area contributed by atoms with Crippen LogP contribution in [0.25, 0.3) is 0 Å². The molecule has 1 N–H and O–H groups in total. The van der Waals surface area contributed by atoms with Gasteiger partial charge in [-0.15, -0.1) is 0 Å². The molecule has 0 saturated carbocycles. The number of ether oxygens (including phenoxy) is 1. The van der Waals surface area contributed by atoms with Crippen LogP contribution in [-0.2, 0) is 0 Å². The Morgan fingerprint density at radius 1 is 1.28 bits per heavy atom. The minimum Gasteiger partial charge on any atom is -0.487 e. The Morgan fingerprint density at radius 2 is 1.94 bits per heavy atom. The van der Waals surface area contributed by atoms with Gasteiger partial charge in [0.1, 0.15) is 6.10 Å². The molecule has 1 aliphatic rings.